The SMILES string of the molecule is CC(=O)c1c(=O)n(C2CC2)cc2c(NC(C)c3cccc(C(F)(F)F)c3C)nn(C)c(=O)c12. The van der Waals surface area contributed by atoms with Crippen LogP contribution >= 0.6 is 0 Å². The number of carbonyl (C=O) groups is 1. The number of ketones is 1. The van der Waals surface area contributed by atoms with Crippen molar-refractivity contribution in [1.82, 2.24) is 14.3 Å². The highest BCUT2D eigenvalue weighted by atomic mass is 19.4. The van der Waals surface area contributed by atoms with Crippen molar-refractivity contribution in [3.8, 4) is 0 Å². The van der Waals surface area contributed by atoms with E-state index in [0.717, 1.165) is 23.6 Å². The molecular weight excluding hydrogens is 437 g/mol. The molecule has 1 aromatic carbocycles. The van der Waals surface area contributed by atoms with Gasteiger partial charge in [-0.2, -0.15) is 18.3 Å². The Labute approximate surface area is 186 Å². The first-order valence-corrected chi connectivity index (χ1v) is 10.5. The molecule has 3 aromatic rings. The van der Waals surface area contributed by atoms with Crippen LogP contribution in [0.25, 0.3) is 10.8 Å². The molecule has 1 N–H and O–H groups in total. The predicted molar refractivity (Wildman–Crippen MR) is 118 cm³/mol. The number of aryl methyl sites for hydroxylation is 1. The Bertz CT molecular complexity index is 1400. The molecule has 0 amide bonds. The third-order valence-corrected chi connectivity index (χ3v) is 6.04. The van der Waals surface area contributed by atoms with Crippen LogP contribution in [0.4, 0.5) is 19.0 Å². The standard InChI is InChI=1S/C23H23F3N4O3/c1-11-15(6-5-7-17(11)23(24,25)26)12(2)27-20-16-10-30(14-8-9-14)22(33)18(13(3)31)19(16)21(32)29(4)28-20/h5-7,10,12,14H,8-9H2,1-4H3,(H,27,28). The van der Waals surface area contributed by atoms with Crippen LogP contribution in [0.3, 0.4) is 0 Å². The number of fused-ring (bicyclic) bond motifs is 1. The zero-order valence-corrected chi connectivity index (χ0v) is 18.6. The van der Waals surface area contributed by atoms with E-state index < -0.39 is 34.7 Å². The zero-order chi connectivity index (χ0) is 24.2. The minimum Gasteiger partial charge on any atom is -0.362 e. The van der Waals surface area contributed by atoms with Crippen LogP contribution in [0.15, 0.2) is 34.0 Å². The fourth-order valence-corrected chi connectivity index (χ4v) is 4.22. The van der Waals surface area contributed by atoms with Gasteiger partial charge in [0.25, 0.3) is 11.1 Å². The van der Waals surface area contributed by atoms with Crippen molar-refractivity contribution in [2.75, 3.05) is 5.32 Å². The summed E-state index contributed by atoms with van der Waals surface area (Å²) in [6, 6.07) is 3.29. The lowest BCUT2D eigenvalue weighted by Crippen LogP contribution is -2.31. The monoisotopic (exact) mass is 460 g/mol. The van der Waals surface area contributed by atoms with Gasteiger partial charge in [-0.05, 0) is 50.8 Å². The fourth-order valence-electron chi connectivity index (χ4n) is 4.22. The maximum atomic E-state index is 13.4. The van der Waals surface area contributed by atoms with Gasteiger partial charge in [0, 0.05) is 24.7 Å². The second kappa shape index (κ2) is 7.86. The molecule has 1 fully saturated rings. The summed E-state index contributed by atoms with van der Waals surface area (Å²) in [7, 11) is 1.39. The van der Waals surface area contributed by atoms with Crippen LogP contribution in [0.5, 0.6) is 0 Å². The van der Waals surface area contributed by atoms with Crippen LogP contribution < -0.4 is 16.4 Å². The molecule has 4 rings (SSSR count). The molecule has 174 valence electrons. The Balaban J connectivity index is 1.91. The van der Waals surface area contributed by atoms with E-state index in [0.29, 0.717) is 5.56 Å². The molecule has 2 aromatic heterocycles. The first-order chi connectivity index (χ1) is 15.4. The molecule has 10 heteroatoms. The van der Waals surface area contributed by atoms with Crippen LogP contribution in [-0.4, -0.2) is 20.1 Å². The number of anilines is 1. The Morgan fingerprint density at radius 3 is 2.45 bits per heavy atom. The molecule has 1 aliphatic carbocycles. The van der Waals surface area contributed by atoms with Gasteiger partial charge in [-0.25, -0.2) is 4.68 Å². The van der Waals surface area contributed by atoms with Gasteiger partial charge in [-0.3, -0.25) is 14.4 Å². The van der Waals surface area contributed by atoms with E-state index in [2.05, 4.69) is 10.4 Å². The minimum absolute atomic E-state index is 0.0441. The van der Waals surface area contributed by atoms with Crippen molar-refractivity contribution in [2.24, 2.45) is 7.05 Å². The zero-order valence-electron chi connectivity index (χ0n) is 18.6. The highest BCUT2D eigenvalue weighted by Crippen LogP contribution is 2.37. The highest BCUT2D eigenvalue weighted by Gasteiger charge is 2.34. The summed E-state index contributed by atoms with van der Waals surface area (Å²) in [4.78, 5) is 38.2. The largest absolute Gasteiger partial charge is 0.416 e. The Morgan fingerprint density at radius 2 is 1.88 bits per heavy atom. The van der Waals surface area contributed by atoms with Crippen molar-refractivity contribution >= 4 is 22.4 Å². The van der Waals surface area contributed by atoms with Crippen LogP contribution in [-0.2, 0) is 13.2 Å². The lowest BCUT2D eigenvalue weighted by Gasteiger charge is -2.21. The van der Waals surface area contributed by atoms with Gasteiger partial charge in [0.15, 0.2) is 11.6 Å². The average molecular weight is 460 g/mol. The Hall–Kier alpha value is -3.43. The van der Waals surface area contributed by atoms with Crippen LogP contribution in [0.2, 0.25) is 0 Å². The van der Waals surface area contributed by atoms with Gasteiger partial charge in [-0.1, -0.05) is 12.1 Å². The number of alkyl halides is 3. The molecule has 0 bridgehead atoms. The van der Waals surface area contributed by atoms with Crippen molar-refractivity contribution in [1.29, 1.82) is 0 Å². The van der Waals surface area contributed by atoms with E-state index >= 15 is 0 Å². The highest BCUT2D eigenvalue weighted by molar-refractivity contribution is 6.08. The molecule has 2 heterocycles. The predicted octanol–water partition coefficient (Wildman–Crippen LogP) is 4.13. The number of pyridine rings is 1. The Morgan fingerprint density at radius 1 is 1.21 bits per heavy atom. The normalized spacial score (nSPS) is 15.0. The third kappa shape index (κ3) is 3.94. The summed E-state index contributed by atoms with van der Waals surface area (Å²) in [5.74, 6) is -0.329. The number of halogens is 3. The van der Waals surface area contributed by atoms with Crippen molar-refractivity contribution in [2.45, 2.75) is 51.9 Å². The van der Waals surface area contributed by atoms with Gasteiger partial charge in [-0.15, -0.1) is 0 Å². The van der Waals surface area contributed by atoms with E-state index in [1.165, 1.54) is 37.7 Å². The molecule has 0 aliphatic heterocycles. The first-order valence-electron chi connectivity index (χ1n) is 10.5. The number of hydrogen-bond donors (Lipinski definition) is 1. The van der Waals surface area contributed by atoms with Gasteiger partial charge < -0.3 is 9.88 Å². The van der Waals surface area contributed by atoms with E-state index in [4.69, 9.17) is 0 Å². The number of benzene rings is 1. The quantitative estimate of drug-likeness (QED) is 0.579. The molecule has 0 spiro atoms. The van der Waals surface area contributed by atoms with Crippen LogP contribution in [0.1, 0.15) is 65.8 Å². The number of nitrogens with zero attached hydrogens (tertiary/aromatic N) is 3. The minimum atomic E-state index is -4.49. The molecule has 0 saturated heterocycles. The second-order valence-corrected chi connectivity index (χ2v) is 8.45. The smallest absolute Gasteiger partial charge is 0.362 e. The molecule has 0 radical (unpaired) electrons. The van der Waals surface area contributed by atoms with E-state index in [1.54, 1.807) is 13.0 Å². The topological polar surface area (TPSA) is 86.0 Å². The molecular formula is C23H23F3N4O3. The summed E-state index contributed by atoms with van der Waals surface area (Å²) in [5, 5.41) is 7.60. The summed E-state index contributed by atoms with van der Waals surface area (Å²) in [5.41, 5.74) is -1.55. The fraction of sp³-hybridized carbons (Fsp3) is 0.391. The van der Waals surface area contributed by atoms with Crippen molar-refractivity contribution in [3.05, 3.63) is 67.4 Å². The molecule has 33 heavy (non-hydrogen) atoms. The first kappa shape index (κ1) is 22.8. The van der Waals surface area contributed by atoms with Crippen molar-refractivity contribution in [3.63, 3.8) is 0 Å². The van der Waals surface area contributed by atoms with Gasteiger partial charge in [0.05, 0.1) is 22.6 Å². The van der Waals surface area contributed by atoms with Gasteiger partial charge >= 0.3 is 6.18 Å². The number of Topliss-reactive ketones (excluding diaryl/α,β-unsaturated/α-hetero) is 1. The number of nitrogens with one attached hydrogen (secondary N) is 1. The van der Waals surface area contributed by atoms with Crippen molar-refractivity contribution < 1.29 is 18.0 Å². The molecule has 7 nitrogen and oxygen atoms in total. The maximum absolute atomic E-state index is 13.4. The number of hydrogen-bond acceptors (Lipinski definition) is 5. The van der Waals surface area contributed by atoms with E-state index in [1.807, 2.05) is 0 Å². The second-order valence-electron chi connectivity index (χ2n) is 8.45. The summed E-state index contributed by atoms with van der Waals surface area (Å²) >= 11 is 0. The molecule has 1 aliphatic rings. The molecule has 1 unspecified atom stereocenters. The summed E-state index contributed by atoms with van der Waals surface area (Å²) in [6.45, 7) is 4.32. The molecule has 1 atom stereocenters. The van der Waals surface area contributed by atoms with E-state index in [-0.39, 0.29) is 33.8 Å². The Kier molecular flexibility index (Phi) is 5.42. The van der Waals surface area contributed by atoms with Gasteiger partial charge in [0.1, 0.15) is 0 Å². The number of rotatable bonds is 5. The summed E-state index contributed by atoms with van der Waals surface area (Å²) < 4.78 is 42.6. The lowest BCUT2D eigenvalue weighted by molar-refractivity contribution is -0.138. The van der Waals surface area contributed by atoms with Crippen LogP contribution in [0, 0.1) is 6.92 Å². The average Bonchev–Trinajstić information content (AvgIpc) is 3.55. The lowest BCUT2D eigenvalue weighted by atomic mass is 9.97. The summed E-state index contributed by atoms with van der Waals surface area (Å²) in [6.07, 6.45) is -1.41. The van der Waals surface area contributed by atoms with E-state index in [9.17, 15) is 27.6 Å². The number of aromatic nitrogens is 3. The molecule has 1 saturated carbocycles. The number of carbonyl (C=O) groups excluding carboxylic acids is 1. The van der Waals surface area contributed by atoms with Gasteiger partial charge in [0.2, 0.25) is 0 Å². The maximum Gasteiger partial charge on any atom is 0.416 e. The third-order valence-electron chi connectivity index (χ3n) is 6.04.